The summed E-state index contributed by atoms with van der Waals surface area (Å²) < 4.78 is 5.32. The summed E-state index contributed by atoms with van der Waals surface area (Å²) >= 11 is 0. The summed E-state index contributed by atoms with van der Waals surface area (Å²) in [5.74, 6) is 0.861. The van der Waals surface area contributed by atoms with Crippen molar-refractivity contribution in [1.82, 2.24) is 0 Å². The van der Waals surface area contributed by atoms with E-state index >= 15 is 0 Å². The fourth-order valence-electron chi connectivity index (χ4n) is 1.56. The Morgan fingerprint density at radius 1 is 0.938 bits per heavy atom. The molecule has 0 aromatic heterocycles. The van der Waals surface area contributed by atoms with Crippen LogP contribution in [0.15, 0.2) is 54.6 Å². The van der Waals surface area contributed by atoms with Gasteiger partial charge < -0.3 is 4.74 Å². The van der Waals surface area contributed by atoms with E-state index in [-0.39, 0.29) is 0 Å². The molecule has 0 saturated heterocycles. The van der Waals surface area contributed by atoms with E-state index in [4.69, 9.17) is 12.3 Å². The maximum Gasteiger partial charge on any atom is 0.125 e. The first kappa shape index (κ1) is 11.2. The number of benzene rings is 2. The van der Waals surface area contributed by atoms with E-state index < -0.39 is 7.80 Å². The molecule has 2 rings (SSSR count). The van der Waals surface area contributed by atoms with Gasteiger partial charge in [0.1, 0.15) is 13.3 Å². The first-order chi connectivity index (χ1) is 7.83. The van der Waals surface area contributed by atoms with Crippen LogP contribution in [-0.4, -0.2) is 14.7 Å². The van der Waals surface area contributed by atoms with Crippen LogP contribution >= 0.6 is 7.80 Å². The van der Waals surface area contributed by atoms with Crippen molar-refractivity contribution in [1.29, 1.82) is 0 Å². The van der Waals surface area contributed by atoms with Crippen LogP contribution in [0.3, 0.4) is 0 Å². The van der Waals surface area contributed by atoms with Gasteiger partial charge >= 0.3 is 0 Å². The van der Waals surface area contributed by atoms with Gasteiger partial charge in [-0.2, -0.15) is 0 Å². The van der Waals surface area contributed by atoms with E-state index in [1.165, 1.54) is 0 Å². The minimum absolute atomic E-state index is 0.822. The van der Waals surface area contributed by atoms with Crippen molar-refractivity contribution in [2.45, 2.75) is 0 Å². The van der Waals surface area contributed by atoms with Gasteiger partial charge in [0.05, 0.1) is 7.11 Å². The molecule has 1 nitrogen and oxygen atoms in total. The van der Waals surface area contributed by atoms with Gasteiger partial charge in [-0.25, -0.2) is 0 Å². The first-order valence-corrected chi connectivity index (χ1v) is 6.47. The smallest absolute Gasteiger partial charge is 0.125 e. The van der Waals surface area contributed by atoms with Gasteiger partial charge in [0.25, 0.3) is 0 Å². The molecule has 2 aromatic rings. The Bertz CT molecular complexity index is 458. The summed E-state index contributed by atoms with van der Waals surface area (Å²) in [6, 6.07) is 18.0. The van der Waals surface area contributed by atoms with E-state index in [2.05, 4.69) is 12.1 Å². The minimum Gasteiger partial charge on any atom is -0.496 e. The lowest BCUT2D eigenvalue weighted by atomic mass is 10.3. The normalized spacial score (nSPS) is 12.1. The number of methoxy groups -OCH3 is 1. The van der Waals surface area contributed by atoms with Crippen molar-refractivity contribution < 1.29 is 4.74 Å². The molecular weight excluding hydrogens is 214 g/mol. The van der Waals surface area contributed by atoms with E-state index in [9.17, 15) is 0 Å². The molecule has 0 heterocycles. The molecule has 2 aromatic carbocycles. The lowest BCUT2D eigenvalue weighted by molar-refractivity contribution is 0.418. The molecule has 1 atom stereocenters. The Hall–Kier alpha value is -1.27. The highest BCUT2D eigenvalue weighted by molar-refractivity contribution is 7.94. The van der Waals surface area contributed by atoms with Crippen molar-refractivity contribution >= 4 is 26.0 Å². The monoisotopic (exact) mass is 226 g/mol. The average molecular weight is 226 g/mol. The molecule has 0 spiro atoms. The van der Waals surface area contributed by atoms with Crippen LogP contribution in [0.4, 0.5) is 0 Å². The van der Waals surface area contributed by atoms with Crippen LogP contribution in [0, 0.1) is 0 Å². The van der Waals surface area contributed by atoms with E-state index in [0.717, 1.165) is 16.4 Å². The predicted molar refractivity (Wildman–Crippen MR) is 71.4 cm³/mol. The van der Waals surface area contributed by atoms with Gasteiger partial charge in [0, 0.05) is 5.30 Å². The Labute approximate surface area is 98.6 Å². The highest BCUT2D eigenvalue weighted by atomic mass is 31.1. The van der Waals surface area contributed by atoms with Gasteiger partial charge in [0.2, 0.25) is 0 Å². The summed E-state index contributed by atoms with van der Waals surface area (Å²) in [4.78, 5) is 0. The summed E-state index contributed by atoms with van der Waals surface area (Å²) in [5, 5.41) is 2.23. The molecule has 0 aliphatic heterocycles. The topological polar surface area (TPSA) is 9.23 Å². The maximum absolute atomic E-state index is 6.28. The largest absolute Gasteiger partial charge is 0.496 e. The van der Waals surface area contributed by atoms with Crippen molar-refractivity contribution in [2.75, 3.05) is 7.11 Å². The molecule has 0 N–H and O–H groups in total. The summed E-state index contributed by atoms with van der Waals surface area (Å²) in [7, 11) is 7.13. The van der Waals surface area contributed by atoms with Crippen LogP contribution in [0.1, 0.15) is 0 Å². The molecule has 16 heavy (non-hydrogen) atoms. The second kappa shape index (κ2) is 5.18. The molecule has 0 fully saturated rings. The van der Waals surface area contributed by atoms with Gasteiger partial charge in [0.15, 0.2) is 0 Å². The van der Waals surface area contributed by atoms with Crippen molar-refractivity contribution in [3.63, 3.8) is 0 Å². The summed E-state index contributed by atoms with van der Waals surface area (Å²) in [6.45, 7) is 0. The van der Waals surface area contributed by atoms with Crippen molar-refractivity contribution in [3.05, 3.63) is 54.6 Å². The van der Waals surface area contributed by atoms with E-state index in [0.29, 0.717) is 0 Å². The number of hydrogen-bond donors (Lipinski definition) is 0. The Morgan fingerprint density at radius 2 is 1.56 bits per heavy atom. The molecule has 1 unspecified atom stereocenters. The standard InChI is InChI=1S/C13H12BOP/c1-15-12-9-5-6-10-13(12)16(14)11-7-3-2-4-8-11/h2-10H,1H3. The third kappa shape index (κ3) is 2.28. The van der Waals surface area contributed by atoms with Gasteiger partial charge in [-0.05, 0) is 11.4 Å². The zero-order chi connectivity index (χ0) is 11.4. The summed E-state index contributed by atoms with van der Waals surface area (Å²) in [6.07, 6.45) is 0. The minimum atomic E-state index is -0.822. The molecule has 2 radical (unpaired) electrons. The van der Waals surface area contributed by atoms with Crippen LogP contribution in [0.5, 0.6) is 5.75 Å². The number of para-hydroxylation sites is 1. The summed E-state index contributed by atoms with van der Waals surface area (Å²) in [5.41, 5.74) is 0. The van der Waals surface area contributed by atoms with E-state index in [1.807, 2.05) is 42.5 Å². The molecule has 78 valence electrons. The van der Waals surface area contributed by atoms with Gasteiger partial charge in [-0.15, -0.1) is 0 Å². The van der Waals surface area contributed by atoms with Crippen LogP contribution in [0.2, 0.25) is 0 Å². The lowest BCUT2D eigenvalue weighted by Gasteiger charge is -2.16. The van der Waals surface area contributed by atoms with Crippen molar-refractivity contribution in [2.24, 2.45) is 0 Å². The van der Waals surface area contributed by atoms with Gasteiger partial charge in [-0.1, -0.05) is 56.3 Å². The number of hydrogen-bond acceptors (Lipinski definition) is 1. The van der Waals surface area contributed by atoms with E-state index in [1.54, 1.807) is 7.11 Å². The lowest BCUT2D eigenvalue weighted by Crippen LogP contribution is -2.13. The Kier molecular flexibility index (Phi) is 3.64. The fraction of sp³-hybridized carbons (Fsp3) is 0.0769. The third-order valence-corrected chi connectivity index (χ3v) is 4.12. The number of ether oxygens (including phenoxy) is 1. The highest BCUT2D eigenvalue weighted by Crippen LogP contribution is 2.31. The maximum atomic E-state index is 6.28. The first-order valence-electron chi connectivity index (χ1n) is 5.06. The quantitative estimate of drug-likeness (QED) is 0.575. The zero-order valence-corrected chi connectivity index (χ0v) is 10.0. The second-order valence-electron chi connectivity index (χ2n) is 3.38. The van der Waals surface area contributed by atoms with Crippen LogP contribution < -0.4 is 15.3 Å². The predicted octanol–water partition coefficient (Wildman–Crippen LogP) is 2.21. The SMILES string of the molecule is [B]P(c1ccccc1)c1ccccc1OC. The fourth-order valence-corrected chi connectivity index (χ4v) is 2.98. The molecule has 0 aliphatic carbocycles. The third-order valence-electron chi connectivity index (χ3n) is 2.38. The average Bonchev–Trinajstić information content (AvgIpc) is 2.39. The molecule has 0 saturated carbocycles. The molecule has 0 bridgehead atoms. The molecule has 0 aliphatic rings. The second-order valence-corrected chi connectivity index (χ2v) is 5.12. The molecule has 3 heteroatoms. The highest BCUT2D eigenvalue weighted by Gasteiger charge is 2.10. The van der Waals surface area contributed by atoms with Crippen LogP contribution in [0.25, 0.3) is 0 Å². The molecule has 0 amide bonds. The zero-order valence-electron chi connectivity index (χ0n) is 9.13. The molecular formula is C13H12BOP. The Morgan fingerprint density at radius 3 is 2.25 bits per heavy atom. The van der Waals surface area contributed by atoms with Crippen LogP contribution in [-0.2, 0) is 0 Å². The van der Waals surface area contributed by atoms with Crippen molar-refractivity contribution in [3.8, 4) is 5.75 Å². The number of rotatable bonds is 3. The Balaban J connectivity index is 2.37. The van der Waals surface area contributed by atoms with Gasteiger partial charge in [-0.3, -0.25) is 0 Å².